The second-order valence-electron chi connectivity index (χ2n) is 7.11. The van der Waals surface area contributed by atoms with E-state index in [-0.39, 0.29) is 11.4 Å². The summed E-state index contributed by atoms with van der Waals surface area (Å²) in [5, 5.41) is 0. The summed E-state index contributed by atoms with van der Waals surface area (Å²) in [6, 6.07) is 7.95. The molecule has 0 aliphatic carbocycles. The Labute approximate surface area is 159 Å². The summed E-state index contributed by atoms with van der Waals surface area (Å²) in [6.07, 6.45) is 6.82. The van der Waals surface area contributed by atoms with E-state index >= 15 is 0 Å². The molecule has 1 amide bonds. The Morgan fingerprint density at radius 1 is 1.23 bits per heavy atom. The van der Waals surface area contributed by atoms with Crippen LogP contribution >= 0.6 is 11.8 Å². The first-order valence-electron chi connectivity index (χ1n) is 9.39. The molecule has 6 heteroatoms. The van der Waals surface area contributed by atoms with Crippen molar-refractivity contribution in [3.8, 4) is 0 Å². The Morgan fingerprint density at radius 3 is 2.62 bits per heavy atom. The molecule has 2 aliphatic heterocycles. The number of imidazole rings is 1. The summed E-state index contributed by atoms with van der Waals surface area (Å²) in [6.45, 7) is 5.88. The molecule has 1 aromatic carbocycles. The van der Waals surface area contributed by atoms with E-state index in [0.717, 1.165) is 51.0 Å². The number of hydrogen-bond acceptors (Lipinski definition) is 4. The van der Waals surface area contributed by atoms with E-state index in [9.17, 15) is 4.79 Å². The van der Waals surface area contributed by atoms with Gasteiger partial charge in [0.15, 0.2) is 0 Å². The van der Waals surface area contributed by atoms with Gasteiger partial charge in [0.05, 0.1) is 17.6 Å². The third-order valence-electron chi connectivity index (χ3n) is 5.99. The Kier molecular flexibility index (Phi) is 4.80. The third kappa shape index (κ3) is 2.85. The molecule has 1 fully saturated rings. The van der Waals surface area contributed by atoms with E-state index < -0.39 is 0 Å². The average molecular weight is 371 g/mol. The highest BCUT2D eigenvalue weighted by atomic mass is 32.2. The number of hydrogen-bond donors (Lipinski definition) is 1. The lowest BCUT2D eigenvalue weighted by Gasteiger charge is -2.50. The Hall–Kier alpha value is -1.79. The van der Waals surface area contributed by atoms with E-state index in [1.807, 2.05) is 41.7 Å². The number of likely N-dealkylation sites (N-methyl/N-ethyl adjacent to an activating group) is 1. The van der Waals surface area contributed by atoms with Gasteiger partial charge >= 0.3 is 0 Å². The lowest BCUT2D eigenvalue weighted by atomic mass is 9.78. The molecule has 0 bridgehead atoms. The van der Waals surface area contributed by atoms with Crippen molar-refractivity contribution in [2.75, 3.05) is 32.4 Å². The molecule has 1 saturated heterocycles. The molecule has 0 radical (unpaired) electrons. The number of carbonyl (C=O) groups is 1. The standard InChI is InChI=1S/C20H26N4OS/c1-3-24-11-8-17-18(22-14-21-17)20(24)9-12-23(13-10-20)19(25)15-4-6-16(26-2)7-5-15/h4-7,14H,3,8-13H2,1-2H3,(H,21,22). The zero-order chi connectivity index (χ0) is 18.1. The molecule has 2 aliphatic rings. The summed E-state index contributed by atoms with van der Waals surface area (Å²) in [4.78, 5) is 26.7. The maximum Gasteiger partial charge on any atom is 0.253 e. The van der Waals surface area contributed by atoms with Gasteiger partial charge in [-0.15, -0.1) is 11.8 Å². The molecule has 2 aromatic rings. The van der Waals surface area contributed by atoms with Crippen LogP contribution < -0.4 is 0 Å². The van der Waals surface area contributed by atoms with Gasteiger partial charge in [-0.2, -0.15) is 0 Å². The van der Waals surface area contributed by atoms with Crippen molar-refractivity contribution < 1.29 is 4.79 Å². The predicted octanol–water partition coefficient (Wildman–Crippen LogP) is 3.14. The lowest BCUT2D eigenvalue weighted by molar-refractivity contribution is 0.0103. The van der Waals surface area contributed by atoms with Crippen LogP contribution in [-0.4, -0.2) is 58.1 Å². The van der Waals surface area contributed by atoms with Crippen LogP contribution in [0.3, 0.4) is 0 Å². The number of thioether (sulfide) groups is 1. The topological polar surface area (TPSA) is 52.2 Å². The van der Waals surface area contributed by atoms with E-state index in [4.69, 9.17) is 0 Å². The van der Waals surface area contributed by atoms with Crippen molar-refractivity contribution in [3.05, 3.63) is 47.5 Å². The molecule has 5 nitrogen and oxygen atoms in total. The minimum absolute atomic E-state index is 0.0121. The summed E-state index contributed by atoms with van der Waals surface area (Å²) in [7, 11) is 0. The van der Waals surface area contributed by atoms with Gasteiger partial charge < -0.3 is 9.88 Å². The first-order chi connectivity index (χ1) is 12.7. The SMILES string of the molecule is CCN1CCc2[nH]cnc2C12CCN(C(=O)c1ccc(SC)cc1)CC2. The summed E-state index contributed by atoms with van der Waals surface area (Å²) in [5.41, 5.74) is 3.27. The number of likely N-dealkylation sites (tertiary alicyclic amines) is 1. The van der Waals surface area contributed by atoms with Crippen LogP contribution in [0.1, 0.15) is 41.5 Å². The largest absolute Gasteiger partial charge is 0.348 e. The van der Waals surface area contributed by atoms with Crippen molar-refractivity contribution in [3.63, 3.8) is 0 Å². The van der Waals surface area contributed by atoms with Crippen LogP contribution in [-0.2, 0) is 12.0 Å². The highest BCUT2D eigenvalue weighted by Gasteiger charge is 2.46. The summed E-state index contributed by atoms with van der Waals surface area (Å²) >= 11 is 1.70. The molecule has 3 heterocycles. The van der Waals surface area contributed by atoms with Gasteiger partial charge in [0.2, 0.25) is 0 Å². The quantitative estimate of drug-likeness (QED) is 0.844. The molecule has 1 N–H and O–H groups in total. The van der Waals surface area contributed by atoms with Crippen molar-refractivity contribution in [1.29, 1.82) is 0 Å². The van der Waals surface area contributed by atoms with Crippen LogP contribution in [0.15, 0.2) is 35.5 Å². The molecule has 138 valence electrons. The molecule has 4 rings (SSSR count). The highest BCUT2D eigenvalue weighted by Crippen LogP contribution is 2.42. The number of rotatable bonds is 3. The zero-order valence-corrected chi connectivity index (χ0v) is 16.3. The molecular weight excluding hydrogens is 344 g/mol. The van der Waals surface area contributed by atoms with Gasteiger partial charge in [-0.3, -0.25) is 9.69 Å². The van der Waals surface area contributed by atoms with Gasteiger partial charge in [-0.1, -0.05) is 6.92 Å². The van der Waals surface area contributed by atoms with Crippen LogP contribution in [0.5, 0.6) is 0 Å². The second kappa shape index (κ2) is 7.08. The number of aromatic amines is 1. The minimum atomic E-state index is -0.0121. The number of amides is 1. The molecular formula is C20H26N4OS. The van der Waals surface area contributed by atoms with E-state index in [1.54, 1.807) is 11.8 Å². The van der Waals surface area contributed by atoms with Crippen molar-refractivity contribution in [2.24, 2.45) is 0 Å². The van der Waals surface area contributed by atoms with E-state index in [0.29, 0.717) is 0 Å². The van der Waals surface area contributed by atoms with Crippen LogP contribution in [0.2, 0.25) is 0 Å². The zero-order valence-electron chi connectivity index (χ0n) is 15.5. The number of benzene rings is 1. The van der Waals surface area contributed by atoms with Gasteiger partial charge in [0.25, 0.3) is 5.91 Å². The van der Waals surface area contributed by atoms with Crippen LogP contribution in [0.25, 0.3) is 0 Å². The first kappa shape index (κ1) is 17.6. The van der Waals surface area contributed by atoms with Crippen molar-refractivity contribution in [1.82, 2.24) is 19.8 Å². The number of carbonyl (C=O) groups excluding carboxylic acids is 1. The first-order valence-corrected chi connectivity index (χ1v) is 10.6. The van der Waals surface area contributed by atoms with Gasteiger partial charge in [-0.05, 0) is 49.9 Å². The van der Waals surface area contributed by atoms with Gasteiger partial charge in [0, 0.05) is 42.2 Å². The Balaban J connectivity index is 1.52. The fourth-order valence-electron chi connectivity index (χ4n) is 4.53. The smallest absolute Gasteiger partial charge is 0.253 e. The number of aromatic nitrogens is 2. The fourth-order valence-corrected chi connectivity index (χ4v) is 4.94. The number of fused-ring (bicyclic) bond motifs is 2. The third-order valence-corrected chi connectivity index (χ3v) is 6.74. The van der Waals surface area contributed by atoms with E-state index in [2.05, 4.69) is 21.8 Å². The summed E-state index contributed by atoms with van der Waals surface area (Å²) < 4.78 is 0. The van der Waals surface area contributed by atoms with Crippen LogP contribution in [0, 0.1) is 0 Å². The fraction of sp³-hybridized carbons (Fsp3) is 0.500. The molecule has 1 spiro atoms. The maximum absolute atomic E-state index is 12.9. The van der Waals surface area contributed by atoms with Crippen molar-refractivity contribution >= 4 is 17.7 Å². The number of nitrogens with one attached hydrogen (secondary N) is 1. The molecule has 26 heavy (non-hydrogen) atoms. The molecule has 0 atom stereocenters. The second-order valence-corrected chi connectivity index (χ2v) is 7.99. The number of piperidine rings is 1. The minimum Gasteiger partial charge on any atom is -0.348 e. The Morgan fingerprint density at radius 2 is 1.96 bits per heavy atom. The summed E-state index contributed by atoms with van der Waals surface area (Å²) in [5.74, 6) is 0.147. The predicted molar refractivity (Wildman–Crippen MR) is 105 cm³/mol. The van der Waals surface area contributed by atoms with Gasteiger partial charge in [0.1, 0.15) is 0 Å². The van der Waals surface area contributed by atoms with Crippen LogP contribution in [0.4, 0.5) is 0 Å². The monoisotopic (exact) mass is 370 g/mol. The van der Waals surface area contributed by atoms with E-state index in [1.165, 1.54) is 16.3 Å². The normalized spacial score (nSPS) is 19.5. The number of H-pyrrole nitrogens is 1. The molecule has 1 aromatic heterocycles. The molecule has 0 saturated carbocycles. The highest BCUT2D eigenvalue weighted by molar-refractivity contribution is 7.98. The Bertz CT molecular complexity index is 777. The lowest BCUT2D eigenvalue weighted by Crippen LogP contribution is -2.57. The maximum atomic E-state index is 12.9. The van der Waals surface area contributed by atoms with Gasteiger partial charge in [-0.25, -0.2) is 4.98 Å². The number of nitrogens with zero attached hydrogens (tertiary/aromatic N) is 3. The average Bonchev–Trinajstić information content (AvgIpc) is 3.18. The van der Waals surface area contributed by atoms with Crippen molar-refractivity contribution in [2.45, 2.75) is 36.6 Å². The molecule has 0 unspecified atom stereocenters.